The minimum atomic E-state index is -3.88. The van der Waals surface area contributed by atoms with Crippen LogP contribution in [-0.2, 0) is 19.6 Å². The van der Waals surface area contributed by atoms with Gasteiger partial charge in [-0.1, -0.05) is 11.3 Å². The Morgan fingerprint density at radius 1 is 1.28 bits per heavy atom. The van der Waals surface area contributed by atoms with Gasteiger partial charge in [0.2, 0.25) is 0 Å². The van der Waals surface area contributed by atoms with Gasteiger partial charge in [0, 0.05) is 19.7 Å². The van der Waals surface area contributed by atoms with Gasteiger partial charge >= 0.3 is 16.0 Å². The first-order valence-corrected chi connectivity index (χ1v) is 9.18. The largest absolute Gasteiger partial charge is 0.482 e. The molecule has 25 heavy (non-hydrogen) atoms. The molecule has 0 saturated heterocycles. The maximum Gasteiger partial charge on any atom is 0.343 e. The van der Waals surface area contributed by atoms with Crippen molar-refractivity contribution in [1.29, 1.82) is 0 Å². The normalized spacial score (nSPS) is 11.5. The molecule has 1 aromatic carbocycles. The second-order valence-electron chi connectivity index (χ2n) is 4.92. The molecular formula is C14H16N4O5S2. The number of benzene rings is 1. The minimum Gasteiger partial charge on any atom is -0.482 e. The number of hydrogen-bond acceptors (Lipinski definition) is 8. The van der Waals surface area contributed by atoms with Crippen molar-refractivity contribution in [2.75, 3.05) is 27.8 Å². The molecule has 9 nitrogen and oxygen atoms in total. The van der Waals surface area contributed by atoms with E-state index >= 15 is 0 Å². The Kier molecular flexibility index (Phi) is 6.04. The van der Waals surface area contributed by atoms with E-state index in [9.17, 15) is 13.2 Å². The summed E-state index contributed by atoms with van der Waals surface area (Å²) in [5.41, 5.74) is 0.668. The van der Waals surface area contributed by atoms with E-state index in [4.69, 9.17) is 4.74 Å². The maximum absolute atomic E-state index is 12.0. The molecule has 0 N–H and O–H groups in total. The van der Waals surface area contributed by atoms with Crippen molar-refractivity contribution in [1.82, 2.24) is 15.1 Å². The molecule has 0 amide bonds. The van der Waals surface area contributed by atoms with Gasteiger partial charge in [0.25, 0.3) is 4.34 Å². The summed E-state index contributed by atoms with van der Waals surface area (Å²) in [6.07, 6.45) is 1.18. The second-order valence-corrected chi connectivity index (χ2v) is 7.71. The number of carbonyl (C=O) groups is 1. The standard InChI is InChI=1S/C14H16N4O5S2/c1-18(2)9-15-25(20,21)14-17-16-13(24-14)10-4-6-11(7-5-10)23-8-12(19)22-3/h4-7,9H,8H2,1-3H3. The monoisotopic (exact) mass is 384 g/mol. The first-order chi connectivity index (χ1) is 11.8. The van der Waals surface area contributed by atoms with E-state index in [2.05, 4.69) is 19.3 Å². The zero-order valence-electron chi connectivity index (χ0n) is 13.7. The van der Waals surface area contributed by atoms with Gasteiger partial charge in [0.15, 0.2) is 6.61 Å². The first kappa shape index (κ1) is 18.8. The molecule has 2 aromatic rings. The van der Waals surface area contributed by atoms with Crippen LogP contribution in [0, 0.1) is 0 Å². The third-order valence-electron chi connectivity index (χ3n) is 2.73. The Labute approximate surface area is 149 Å². The Morgan fingerprint density at radius 2 is 1.96 bits per heavy atom. The summed E-state index contributed by atoms with van der Waals surface area (Å²) >= 11 is 0.915. The molecule has 2 rings (SSSR count). The smallest absolute Gasteiger partial charge is 0.343 e. The number of methoxy groups -OCH3 is 1. The van der Waals surface area contributed by atoms with Gasteiger partial charge in [-0.05, 0) is 24.3 Å². The average molecular weight is 384 g/mol. The van der Waals surface area contributed by atoms with E-state index in [1.807, 2.05) is 0 Å². The highest BCUT2D eigenvalue weighted by molar-refractivity contribution is 7.92. The summed E-state index contributed by atoms with van der Waals surface area (Å²) in [5.74, 6) is -0.0107. The van der Waals surface area contributed by atoms with Crippen molar-refractivity contribution in [3.63, 3.8) is 0 Å². The zero-order valence-corrected chi connectivity index (χ0v) is 15.4. The van der Waals surface area contributed by atoms with Crippen LogP contribution in [-0.4, -0.2) is 63.6 Å². The molecule has 0 unspecified atom stereocenters. The molecule has 0 bridgehead atoms. The van der Waals surface area contributed by atoms with Gasteiger partial charge in [-0.25, -0.2) is 4.79 Å². The maximum atomic E-state index is 12.0. The number of sulfonamides is 1. The third-order valence-corrected chi connectivity index (χ3v) is 5.27. The molecular weight excluding hydrogens is 368 g/mol. The van der Waals surface area contributed by atoms with Crippen molar-refractivity contribution >= 4 is 33.7 Å². The molecule has 0 aliphatic heterocycles. The van der Waals surface area contributed by atoms with E-state index in [1.165, 1.54) is 18.3 Å². The Morgan fingerprint density at radius 3 is 2.56 bits per heavy atom. The second kappa shape index (κ2) is 8.03. The molecule has 11 heteroatoms. The molecule has 0 aliphatic carbocycles. The van der Waals surface area contributed by atoms with E-state index in [-0.39, 0.29) is 10.9 Å². The summed E-state index contributed by atoms with van der Waals surface area (Å²) in [6.45, 7) is -0.194. The highest BCUT2D eigenvalue weighted by Gasteiger charge is 2.19. The summed E-state index contributed by atoms with van der Waals surface area (Å²) in [4.78, 5) is 12.5. The van der Waals surface area contributed by atoms with Crippen molar-refractivity contribution in [3.8, 4) is 16.3 Å². The van der Waals surface area contributed by atoms with Crippen LogP contribution in [0.15, 0.2) is 33.0 Å². The van der Waals surface area contributed by atoms with Gasteiger partial charge in [-0.3, -0.25) is 0 Å². The minimum absolute atomic E-state index is 0.188. The molecule has 0 aliphatic rings. The van der Waals surface area contributed by atoms with Crippen LogP contribution in [0.1, 0.15) is 0 Å². The van der Waals surface area contributed by atoms with Crippen LogP contribution >= 0.6 is 11.3 Å². The van der Waals surface area contributed by atoms with Gasteiger partial charge in [0.1, 0.15) is 17.1 Å². The van der Waals surface area contributed by atoms with Crippen molar-refractivity contribution in [2.24, 2.45) is 4.40 Å². The van der Waals surface area contributed by atoms with Crippen molar-refractivity contribution < 1.29 is 22.7 Å². The van der Waals surface area contributed by atoms with Crippen molar-refractivity contribution in [2.45, 2.75) is 4.34 Å². The fourth-order valence-corrected chi connectivity index (χ4v) is 3.44. The molecule has 0 saturated carbocycles. The number of hydrogen-bond donors (Lipinski definition) is 0. The predicted octanol–water partition coefficient (Wildman–Crippen LogP) is 1.04. The van der Waals surface area contributed by atoms with Crippen LogP contribution in [0.3, 0.4) is 0 Å². The Balaban J connectivity index is 2.13. The molecule has 0 atom stereocenters. The number of esters is 1. The third kappa shape index (κ3) is 5.22. The van der Waals surface area contributed by atoms with Gasteiger partial charge in [-0.15, -0.1) is 14.6 Å². The number of rotatable bonds is 7. The van der Waals surface area contributed by atoms with E-state index in [0.717, 1.165) is 11.3 Å². The van der Waals surface area contributed by atoms with Crippen LogP contribution in [0.2, 0.25) is 0 Å². The SMILES string of the molecule is COC(=O)COc1ccc(-c2nnc(S(=O)(=O)N=CN(C)C)s2)cc1. The van der Waals surface area contributed by atoms with Gasteiger partial charge < -0.3 is 14.4 Å². The summed E-state index contributed by atoms with van der Waals surface area (Å²) in [5, 5.41) is 8.00. The quantitative estimate of drug-likeness (QED) is 0.395. The van der Waals surface area contributed by atoms with Crippen LogP contribution in [0.5, 0.6) is 5.75 Å². The lowest BCUT2D eigenvalue weighted by Crippen LogP contribution is -2.12. The summed E-state index contributed by atoms with van der Waals surface area (Å²) in [7, 11) is 0.723. The Bertz CT molecular complexity index is 860. The molecule has 1 heterocycles. The van der Waals surface area contributed by atoms with E-state index in [1.54, 1.807) is 38.4 Å². The van der Waals surface area contributed by atoms with Crippen LogP contribution in [0.4, 0.5) is 0 Å². The Hall–Kier alpha value is -2.53. The number of ether oxygens (including phenoxy) is 2. The number of nitrogens with zero attached hydrogens (tertiary/aromatic N) is 4. The highest BCUT2D eigenvalue weighted by atomic mass is 32.2. The average Bonchev–Trinajstić information content (AvgIpc) is 3.09. The molecule has 0 spiro atoms. The van der Waals surface area contributed by atoms with Crippen LogP contribution < -0.4 is 4.74 Å². The molecule has 0 radical (unpaired) electrons. The molecule has 1 aromatic heterocycles. The lowest BCUT2D eigenvalue weighted by Gasteiger charge is -2.04. The number of aromatic nitrogens is 2. The van der Waals surface area contributed by atoms with E-state index < -0.39 is 16.0 Å². The number of carbonyl (C=O) groups excluding carboxylic acids is 1. The summed E-state index contributed by atoms with van der Waals surface area (Å²) < 4.78 is 37.1. The lowest BCUT2D eigenvalue weighted by molar-refractivity contribution is -0.142. The van der Waals surface area contributed by atoms with E-state index in [0.29, 0.717) is 16.3 Å². The predicted molar refractivity (Wildman–Crippen MR) is 92.2 cm³/mol. The molecule has 134 valence electrons. The van der Waals surface area contributed by atoms with Gasteiger partial charge in [-0.2, -0.15) is 8.42 Å². The first-order valence-electron chi connectivity index (χ1n) is 6.92. The van der Waals surface area contributed by atoms with Gasteiger partial charge in [0.05, 0.1) is 7.11 Å². The highest BCUT2D eigenvalue weighted by Crippen LogP contribution is 2.28. The molecule has 0 fully saturated rings. The van der Waals surface area contributed by atoms with Crippen molar-refractivity contribution in [3.05, 3.63) is 24.3 Å². The fraction of sp³-hybridized carbons (Fsp3) is 0.286. The fourth-order valence-electron chi connectivity index (χ4n) is 1.53. The lowest BCUT2D eigenvalue weighted by atomic mass is 10.2. The topological polar surface area (TPSA) is 111 Å². The van der Waals surface area contributed by atoms with Crippen LogP contribution in [0.25, 0.3) is 10.6 Å². The zero-order chi connectivity index (χ0) is 18.4. The summed E-state index contributed by atoms with van der Waals surface area (Å²) in [6, 6.07) is 6.65.